The van der Waals surface area contributed by atoms with Gasteiger partial charge in [-0.25, -0.2) is 0 Å². The van der Waals surface area contributed by atoms with Gasteiger partial charge < -0.3 is 19.9 Å². The van der Waals surface area contributed by atoms with Crippen molar-refractivity contribution < 1.29 is 4.74 Å². The summed E-state index contributed by atoms with van der Waals surface area (Å²) in [7, 11) is 5.47. The molecule has 1 aliphatic heterocycles. The van der Waals surface area contributed by atoms with Crippen molar-refractivity contribution >= 4 is 17.8 Å². The Morgan fingerprint density at radius 1 is 1.26 bits per heavy atom. The van der Waals surface area contributed by atoms with Crippen molar-refractivity contribution in [1.29, 1.82) is 0 Å². The zero-order chi connectivity index (χ0) is 13.7. The standard InChI is InChI=1S/C12H22N6O/c1-13-10-14-11(17(2)8-9-19-3)16-12(15-10)18-6-4-5-7-18/h4-9H2,1-3H3,(H,13,14,15,16). The van der Waals surface area contributed by atoms with Crippen LogP contribution in [0.1, 0.15) is 12.8 Å². The minimum atomic E-state index is 0.608. The summed E-state index contributed by atoms with van der Waals surface area (Å²) < 4.78 is 5.08. The van der Waals surface area contributed by atoms with E-state index in [1.54, 1.807) is 7.11 Å². The monoisotopic (exact) mass is 266 g/mol. The number of anilines is 3. The topological polar surface area (TPSA) is 66.4 Å². The summed E-state index contributed by atoms with van der Waals surface area (Å²) in [5, 5.41) is 3.00. The first-order valence-corrected chi connectivity index (χ1v) is 6.63. The van der Waals surface area contributed by atoms with E-state index in [9.17, 15) is 0 Å². The number of hydrogen-bond donors (Lipinski definition) is 1. The number of ether oxygens (including phenoxy) is 1. The summed E-state index contributed by atoms with van der Waals surface area (Å²) in [5.74, 6) is 2.05. The molecule has 19 heavy (non-hydrogen) atoms. The molecular weight excluding hydrogens is 244 g/mol. The van der Waals surface area contributed by atoms with Crippen LogP contribution in [0.2, 0.25) is 0 Å². The van der Waals surface area contributed by atoms with Gasteiger partial charge in [0.2, 0.25) is 17.8 Å². The number of rotatable bonds is 6. The highest BCUT2D eigenvalue weighted by Crippen LogP contribution is 2.19. The summed E-state index contributed by atoms with van der Waals surface area (Å²) in [4.78, 5) is 17.6. The molecule has 1 aromatic heterocycles. The fourth-order valence-corrected chi connectivity index (χ4v) is 2.02. The molecule has 1 aromatic rings. The first-order chi connectivity index (χ1) is 9.24. The Morgan fingerprint density at radius 3 is 2.63 bits per heavy atom. The van der Waals surface area contributed by atoms with E-state index in [1.807, 2.05) is 19.0 Å². The average Bonchev–Trinajstić information content (AvgIpc) is 2.98. The third kappa shape index (κ3) is 3.44. The normalized spacial score (nSPS) is 14.8. The molecular formula is C12H22N6O. The fourth-order valence-electron chi connectivity index (χ4n) is 2.02. The van der Waals surface area contributed by atoms with Gasteiger partial charge in [-0.05, 0) is 12.8 Å². The van der Waals surface area contributed by atoms with Gasteiger partial charge in [0.15, 0.2) is 0 Å². The molecule has 1 N–H and O–H groups in total. The van der Waals surface area contributed by atoms with Crippen molar-refractivity contribution in [2.75, 3.05) is 62.6 Å². The van der Waals surface area contributed by atoms with Crippen LogP contribution in [0.25, 0.3) is 0 Å². The molecule has 0 bridgehead atoms. The number of aromatic nitrogens is 3. The number of likely N-dealkylation sites (N-methyl/N-ethyl adjacent to an activating group) is 1. The number of hydrogen-bond acceptors (Lipinski definition) is 7. The minimum absolute atomic E-state index is 0.608. The highest BCUT2D eigenvalue weighted by molar-refractivity contribution is 5.45. The predicted octanol–water partition coefficient (Wildman–Crippen LogP) is 0.596. The Balaban J connectivity index is 2.19. The van der Waals surface area contributed by atoms with Gasteiger partial charge in [-0.15, -0.1) is 0 Å². The van der Waals surface area contributed by atoms with Crippen LogP contribution in [0, 0.1) is 0 Å². The molecule has 2 rings (SSSR count). The van der Waals surface area contributed by atoms with Crippen LogP contribution in [-0.4, -0.2) is 62.4 Å². The van der Waals surface area contributed by atoms with Crippen LogP contribution in [0.15, 0.2) is 0 Å². The van der Waals surface area contributed by atoms with Gasteiger partial charge in [-0.1, -0.05) is 0 Å². The molecule has 7 heteroatoms. The lowest BCUT2D eigenvalue weighted by molar-refractivity contribution is 0.206. The van der Waals surface area contributed by atoms with Crippen molar-refractivity contribution in [2.45, 2.75) is 12.8 Å². The van der Waals surface area contributed by atoms with Crippen molar-refractivity contribution in [3.63, 3.8) is 0 Å². The fraction of sp³-hybridized carbons (Fsp3) is 0.750. The Bertz CT molecular complexity index is 407. The lowest BCUT2D eigenvalue weighted by Crippen LogP contribution is -2.27. The molecule has 0 unspecified atom stereocenters. The molecule has 2 heterocycles. The van der Waals surface area contributed by atoms with E-state index in [2.05, 4.69) is 25.2 Å². The van der Waals surface area contributed by atoms with Gasteiger partial charge in [-0.2, -0.15) is 15.0 Å². The molecule has 0 amide bonds. The molecule has 0 aromatic carbocycles. The second-order valence-electron chi connectivity index (χ2n) is 4.62. The van der Waals surface area contributed by atoms with Gasteiger partial charge in [0.1, 0.15) is 0 Å². The van der Waals surface area contributed by atoms with Gasteiger partial charge in [-0.3, -0.25) is 0 Å². The van der Waals surface area contributed by atoms with Crippen molar-refractivity contribution in [1.82, 2.24) is 15.0 Å². The SMILES string of the molecule is CNc1nc(N(C)CCOC)nc(N2CCCC2)n1. The Hall–Kier alpha value is -1.63. The number of nitrogens with zero attached hydrogens (tertiary/aromatic N) is 5. The second kappa shape index (κ2) is 6.51. The van der Waals surface area contributed by atoms with E-state index in [4.69, 9.17) is 4.74 Å². The highest BCUT2D eigenvalue weighted by atomic mass is 16.5. The van der Waals surface area contributed by atoms with Crippen molar-refractivity contribution in [3.8, 4) is 0 Å². The molecule has 1 saturated heterocycles. The highest BCUT2D eigenvalue weighted by Gasteiger charge is 2.18. The summed E-state index contributed by atoms with van der Waals surface area (Å²) in [5.41, 5.74) is 0. The molecule has 0 atom stereocenters. The zero-order valence-electron chi connectivity index (χ0n) is 11.9. The number of nitrogens with one attached hydrogen (secondary N) is 1. The van der Waals surface area contributed by atoms with E-state index in [0.29, 0.717) is 18.5 Å². The van der Waals surface area contributed by atoms with Crippen LogP contribution in [0.3, 0.4) is 0 Å². The van der Waals surface area contributed by atoms with Crippen LogP contribution < -0.4 is 15.1 Å². The Labute approximate surface area is 114 Å². The van der Waals surface area contributed by atoms with E-state index < -0.39 is 0 Å². The maximum absolute atomic E-state index is 5.08. The lowest BCUT2D eigenvalue weighted by atomic mass is 10.4. The van der Waals surface area contributed by atoms with Crippen molar-refractivity contribution in [3.05, 3.63) is 0 Å². The first kappa shape index (κ1) is 13.8. The summed E-state index contributed by atoms with van der Waals surface area (Å²) in [6.45, 7) is 3.45. The quantitative estimate of drug-likeness (QED) is 0.808. The maximum Gasteiger partial charge on any atom is 0.231 e. The van der Waals surface area contributed by atoms with Crippen LogP contribution in [0.5, 0.6) is 0 Å². The first-order valence-electron chi connectivity index (χ1n) is 6.63. The molecule has 0 saturated carbocycles. The van der Waals surface area contributed by atoms with Crippen LogP contribution in [-0.2, 0) is 4.74 Å². The Kier molecular flexibility index (Phi) is 4.73. The van der Waals surface area contributed by atoms with E-state index >= 15 is 0 Å². The molecule has 7 nitrogen and oxygen atoms in total. The Morgan fingerprint density at radius 2 is 2.00 bits per heavy atom. The largest absolute Gasteiger partial charge is 0.383 e. The maximum atomic E-state index is 5.08. The summed E-state index contributed by atoms with van der Waals surface area (Å²) in [6.07, 6.45) is 2.41. The smallest absolute Gasteiger partial charge is 0.231 e. The molecule has 0 radical (unpaired) electrons. The third-order valence-electron chi connectivity index (χ3n) is 3.20. The summed E-state index contributed by atoms with van der Waals surface area (Å²) >= 11 is 0. The molecule has 1 aliphatic rings. The lowest BCUT2D eigenvalue weighted by Gasteiger charge is -2.20. The predicted molar refractivity (Wildman–Crippen MR) is 76.0 cm³/mol. The van der Waals surface area contributed by atoms with E-state index in [0.717, 1.165) is 25.6 Å². The van der Waals surface area contributed by atoms with E-state index in [-0.39, 0.29) is 0 Å². The van der Waals surface area contributed by atoms with Crippen molar-refractivity contribution in [2.24, 2.45) is 0 Å². The summed E-state index contributed by atoms with van der Waals surface area (Å²) in [6, 6.07) is 0. The van der Waals surface area contributed by atoms with Gasteiger partial charge >= 0.3 is 0 Å². The average molecular weight is 266 g/mol. The zero-order valence-corrected chi connectivity index (χ0v) is 11.9. The molecule has 1 fully saturated rings. The van der Waals surface area contributed by atoms with Crippen LogP contribution >= 0.6 is 0 Å². The van der Waals surface area contributed by atoms with Gasteiger partial charge in [0.05, 0.1) is 6.61 Å². The minimum Gasteiger partial charge on any atom is -0.383 e. The second-order valence-corrected chi connectivity index (χ2v) is 4.62. The molecule has 0 aliphatic carbocycles. The van der Waals surface area contributed by atoms with Gasteiger partial charge in [0, 0.05) is 40.8 Å². The molecule has 0 spiro atoms. The van der Waals surface area contributed by atoms with Crippen LogP contribution in [0.4, 0.5) is 17.8 Å². The van der Waals surface area contributed by atoms with Gasteiger partial charge in [0.25, 0.3) is 0 Å². The van der Waals surface area contributed by atoms with E-state index in [1.165, 1.54) is 12.8 Å². The third-order valence-corrected chi connectivity index (χ3v) is 3.20. The molecule has 106 valence electrons. The number of methoxy groups -OCH3 is 1.